The third-order valence-corrected chi connectivity index (χ3v) is 4.17. The number of aryl methyl sites for hydroxylation is 1. The van der Waals surface area contributed by atoms with Crippen LogP contribution in [0.25, 0.3) is 0 Å². The second-order valence-electron chi connectivity index (χ2n) is 4.71. The average Bonchev–Trinajstić information content (AvgIpc) is 2.80. The molecule has 1 heterocycles. The maximum atomic E-state index is 10.4. The highest BCUT2D eigenvalue weighted by Gasteiger charge is 2.15. The van der Waals surface area contributed by atoms with Crippen LogP contribution >= 0.6 is 15.9 Å². The summed E-state index contributed by atoms with van der Waals surface area (Å²) in [7, 11) is 0. The smallest absolute Gasteiger partial charge is 0.111 e. The molecular formula is C15H19BrN2O. The molecule has 3 nitrogen and oxygen atoms in total. The van der Waals surface area contributed by atoms with E-state index in [2.05, 4.69) is 32.4 Å². The van der Waals surface area contributed by atoms with Crippen molar-refractivity contribution in [3.8, 4) is 0 Å². The topological polar surface area (TPSA) is 38.0 Å². The molecule has 0 amide bonds. The highest BCUT2D eigenvalue weighted by Crippen LogP contribution is 2.26. The lowest BCUT2D eigenvalue weighted by molar-refractivity contribution is 0.173. The fourth-order valence-corrected chi connectivity index (χ4v) is 2.62. The van der Waals surface area contributed by atoms with E-state index in [1.807, 2.05) is 31.3 Å². The van der Waals surface area contributed by atoms with Gasteiger partial charge in [0.05, 0.1) is 6.10 Å². The van der Waals surface area contributed by atoms with Crippen LogP contribution in [0.2, 0.25) is 0 Å². The predicted molar refractivity (Wildman–Crippen MR) is 80.1 cm³/mol. The first kappa shape index (κ1) is 14.3. The van der Waals surface area contributed by atoms with E-state index in [0.717, 1.165) is 34.4 Å². The highest BCUT2D eigenvalue weighted by atomic mass is 79.9. The molecule has 0 aliphatic heterocycles. The summed E-state index contributed by atoms with van der Waals surface area (Å²) in [5, 5.41) is 10.4. The van der Waals surface area contributed by atoms with Gasteiger partial charge in [0.2, 0.25) is 0 Å². The van der Waals surface area contributed by atoms with Gasteiger partial charge < -0.3 is 9.67 Å². The molecule has 102 valence electrons. The van der Waals surface area contributed by atoms with Crippen molar-refractivity contribution in [2.24, 2.45) is 0 Å². The SMILES string of the molecule is CCCn1ccnc1CC(O)c1cccc(Br)c1C. The minimum Gasteiger partial charge on any atom is -0.388 e. The average molecular weight is 323 g/mol. The van der Waals surface area contributed by atoms with Gasteiger partial charge in [0.25, 0.3) is 0 Å². The van der Waals surface area contributed by atoms with Crippen molar-refractivity contribution in [3.63, 3.8) is 0 Å². The van der Waals surface area contributed by atoms with Gasteiger partial charge in [-0.25, -0.2) is 4.98 Å². The zero-order chi connectivity index (χ0) is 13.8. The van der Waals surface area contributed by atoms with Gasteiger partial charge in [-0.15, -0.1) is 0 Å². The first-order valence-electron chi connectivity index (χ1n) is 6.56. The van der Waals surface area contributed by atoms with Crippen LogP contribution in [0.5, 0.6) is 0 Å². The number of hydrogen-bond acceptors (Lipinski definition) is 2. The minimum atomic E-state index is -0.518. The van der Waals surface area contributed by atoms with E-state index in [1.165, 1.54) is 0 Å². The molecule has 0 radical (unpaired) electrons. The van der Waals surface area contributed by atoms with Crippen LogP contribution in [-0.4, -0.2) is 14.7 Å². The molecule has 1 aromatic heterocycles. The molecule has 0 spiro atoms. The Hall–Kier alpha value is -1.13. The van der Waals surface area contributed by atoms with Gasteiger partial charge >= 0.3 is 0 Å². The molecule has 2 aromatic rings. The molecule has 19 heavy (non-hydrogen) atoms. The Kier molecular flexibility index (Phi) is 4.77. The Morgan fingerprint density at radius 3 is 2.95 bits per heavy atom. The van der Waals surface area contributed by atoms with Gasteiger partial charge in [-0.3, -0.25) is 0 Å². The number of hydrogen-bond donors (Lipinski definition) is 1. The molecule has 0 aliphatic carbocycles. The third-order valence-electron chi connectivity index (χ3n) is 3.31. The number of benzene rings is 1. The summed E-state index contributed by atoms with van der Waals surface area (Å²) in [4.78, 5) is 4.34. The lowest BCUT2D eigenvalue weighted by Gasteiger charge is -2.15. The summed E-state index contributed by atoms with van der Waals surface area (Å²) in [6, 6.07) is 5.91. The van der Waals surface area contributed by atoms with Crippen molar-refractivity contribution >= 4 is 15.9 Å². The van der Waals surface area contributed by atoms with Crippen LogP contribution in [0, 0.1) is 6.92 Å². The summed E-state index contributed by atoms with van der Waals surface area (Å²) in [6.45, 7) is 5.10. The molecule has 1 N–H and O–H groups in total. The summed E-state index contributed by atoms with van der Waals surface area (Å²) in [5.41, 5.74) is 2.05. The molecule has 0 aliphatic rings. The van der Waals surface area contributed by atoms with Gasteiger partial charge in [-0.2, -0.15) is 0 Å². The largest absolute Gasteiger partial charge is 0.388 e. The fourth-order valence-electron chi connectivity index (χ4n) is 2.24. The zero-order valence-electron chi connectivity index (χ0n) is 11.3. The Balaban J connectivity index is 2.18. The Morgan fingerprint density at radius 1 is 1.42 bits per heavy atom. The monoisotopic (exact) mass is 322 g/mol. The molecule has 1 atom stereocenters. The number of imidazole rings is 1. The number of aliphatic hydroxyl groups excluding tert-OH is 1. The summed E-state index contributed by atoms with van der Waals surface area (Å²) < 4.78 is 3.14. The van der Waals surface area contributed by atoms with Gasteiger partial charge in [-0.1, -0.05) is 35.0 Å². The van der Waals surface area contributed by atoms with Crippen molar-refractivity contribution in [2.75, 3.05) is 0 Å². The van der Waals surface area contributed by atoms with Crippen molar-refractivity contribution in [1.82, 2.24) is 9.55 Å². The summed E-state index contributed by atoms with van der Waals surface area (Å²) >= 11 is 3.50. The molecule has 0 fully saturated rings. The van der Waals surface area contributed by atoms with Crippen LogP contribution in [0.15, 0.2) is 35.1 Å². The van der Waals surface area contributed by atoms with Crippen molar-refractivity contribution in [2.45, 2.75) is 39.3 Å². The molecule has 1 aromatic carbocycles. The second kappa shape index (κ2) is 6.35. The highest BCUT2D eigenvalue weighted by molar-refractivity contribution is 9.10. The zero-order valence-corrected chi connectivity index (χ0v) is 12.9. The molecule has 0 saturated carbocycles. The van der Waals surface area contributed by atoms with E-state index in [1.54, 1.807) is 6.20 Å². The van der Waals surface area contributed by atoms with E-state index in [0.29, 0.717) is 6.42 Å². The van der Waals surface area contributed by atoms with Crippen LogP contribution in [-0.2, 0) is 13.0 Å². The molecule has 0 saturated heterocycles. The third kappa shape index (κ3) is 3.25. The van der Waals surface area contributed by atoms with Gasteiger partial charge in [0, 0.05) is 29.8 Å². The van der Waals surface area contributed by atoms with Crippen LogP contribution in [0.4, 0.5) is 0 Å². The van der Waals surface area contributed by atoms with Gasteiger partial charge in [-0.05, 0) is 30.5 Å². The first-order valence-corrected chi connectivity index (χ1v) is 7.35. The summed E-state index contributed by atoms with van der Waals surface area (Å²) in [5.74, 6) is 0.939. The number of aliphatic hydroxyl groups is 1. The summed E-state index contributed by atoms with van der Waals surface area (Å²) in [6.07, 6.45) is 4.86. The molecule has 4 heteroatoms. The Morgan fingerprint density at radius 2 is 2.21 bits per heavy atom. The van der Waals surface area contributed by atoms with E-state index in [-0.39, 0.29) is 0 Å². The predicted octanol–water partition coefficient (Wildman–Crippen LogP) is 3.64. The lowest BCUT2D eigenvalue weighted by atomic mass is 10.0. The van der Waals surface area contributed by atoms with Crippen molar-refractivity contribution < 1.29 is 5.11 Å². The fraction of sp³-hybridized carbons (Fsp3) is 0.400. The van der Waals surface area contributed by atoms with Crippen LogP contribution in [0.3, 0.4) is 0 Å². The van der Waals surface area contributed by atoms with Gasteiger partial charge in [0.1, 0.15) is 5.82 Å². The van der Waals surface area contributed by atoms with Crippen LogP contribution < -0.4 is 0 Å². The molecule has 2 rings (SSSR count). The number of nitrogens with zero attached hydrogens (tertiary/aromatic N) is 2. The van der Waals surface area contributed by atoms with Gasteiger partial charge in [0.15, 0.2) is 0 Å². The molecular weight excluding hydrogens is 304 g/mol. The van der Waals surface area contributed by atoms with E-state index < -0.39 is 6.10 Å². The molecule has 0 bridgehead atoms. The van der Waals surface area contributed by atoms with E-state index in [4.69, 9.17) is 0 Å². The Bertz CT molecular complexity index is 551. The van der Waals surface area contributed by atoms with Crippen LogP contribution in [0.1, 0.15) is 36.4 Å². The van der Waals surface area contributed by atoms with E-state index >= 15 is 0 Å². The van der Waals surface area contributed by atoms with Crippen molar-refractivity contribution in [1.29, 1.82) is 0 Å². The first-order chi connectivity index (χ1) is 9.13. The second-order valence-corrected chi connectivity index (χ2v) is 5.57. The Labute approximate surface area is 122 Å². The van der Waals surface area contributed by atoms with Crippen molar-refractivity contribution in [3.05, 3.63) is 52.0 Å². The minimum absolute atomic E-state index is 0.518. The van der Waals surface area contributed by atoms with E-state index in [9.17, 15) is 5.11 Å². The maximum absolute atomic E-state index is 10.4. The maximum Gasteiger partial charge on any atom is 0.111 e. The number of halogens is 1. The quantitative estimate of drug-likeness (QED) is 0.912. The number of aromatic nitrogens is 2. The molecule has 1 unspecified atom stereocenters. The standard InChI is InChI=1S/C15H19BrN2O/c1-3-8-18-9-7-17-15(18)10-14(19)12-5-4-6-13(16)11(12)2/h4-7,9,14,19H,3,8,10H2,1-2H3. The normalized spacial score (nSPS) is 12.6. The number of rotatable bonds is 5. The lowest BCUT2D eigenvalue weighted by Crippen LogP contribution is -2.10.